The lowest BCUT2D eigenvalue weighted by Gasteiger charge is -1.98. The average molecular weight is 279 g/mol. The molecule has 3 rings (SSSR count). The number of hydrogen-bond acceptors (Lipinski definition) is 3. The Labute approximate surface area is 121 Å². The molecule has 0 aliphatic heterocycles. The van der Waals surface area contributed by atoms with Gasteiger partial charge in [0.2, 0.25) is 0 Å². The number of nitrogens with one attached hydrogen (secondary N) is 2. The summed E-state index contributed by atoms with van der Waals surface area (Å²) in [5.74, 6) is -0.285. The molecule has 1 aromatic carbocycles. The lowest BCUT2D eigenvalue weighted by Crippen LogP contribution is -2.17. The van der Waals surface area contributed by atoms with Gasteiger partial charge in [-0.15, -0.1) is 0 Å². The molecule has 104 valence electrons. The van der Waals surface area contributed by atoms with Crippen molar-refractivity contribution in [1.82, 2.24) is 20.2 Å². The number of carbonyl (C=O) groups is 1. The molecular weight excluding hydrogens is 266 g/mol. The number of para-hydroxylation sites is 1. The van der Waals surface area contributed by atoms with Crippen molar-refractivity contribution >= 4 is 12.1 Å². The molecule has 1 amide bonds. The summed E-state index contributed by atoms with van der Waals surface area (Å²) in [6.45, 7) is 0. The second-order valence-electron chi connectivity index (χ2n) is 4.34. The van der Waals surface area contributed by atoms with Crippen molar-refractivity contribution in [3.63, 3.8) is 0 Å². The Morgan fingerprint density at radius 2 is 2.10 bits per heavy atom. The van der Waals surface area contributed by atoms with E-state index >= 15 is 0 Å². The van der Waals surface area contributed by atoms with Crippen molar-refractivity contribution in [1.29, 1.82) is 0 Å². The number of benzene rings is 1. The van der Waals surface area contributed by atoms with Gasteiger partial charge in [-0.3, -0.25) is 4.79 Å². The lowest BCUT2D eigenvalue weighted by atomic mass is 10.3. The normalized spacial score (nSPS) is 10.9. The molecule has 2 N–H and O–H groups in total. The van der Waals surface area contributed by atoms with Gasteiger partial charge in [-0.1, -0.05) is 18.2 Å². The van der Waals surface area contributed by atoms with Crippen molar-refractivity contribution < 1.29 is 4.79 Å². The van der Waals surface area contributed by atoms with Gasteiger partial charge in [0.25, 0.3) is 5.91 Å². The van der Waals surface area contributed by atoms with Crippen LogP contribution in [0.3, 0.4) is 0 Å². The number of amides is 1. The van der Waals surface area contributed by atoms with E-state index in [0.29, 0.717) is 5.69 Å². The van der Waals surface area contributed by atoms with Gasteiger partial charge >= 0.3 is 0 Å². The molecule has 0 bridgehead atoms. The zero-order valence-corrected chi connectivity index (χ0v) is 11.1. The number of rotatable bonds is 4. The van der Waals surface area contributed by atoms with Crippen molar-refractivity contribution in [2.75, 3.05) is 0 Å². The Hall–Kier alpha value is -3.15. The minimum absolute atomic E-state index is 0.285. The first-order chi connectivity index (χ1) is 10.3. The zero-order valence-electron chi connectivity index (χ0n) is 11.1. The van der Waals surface area contributed by atoms with E-state index in [9.17, 15) is 4.79 Å². The average Bonchev–Trinajstić information content (AvgIpc) is 3.20. The summed E-state index contributed by atoms with van der Waals surface area (Å²) < 4.78 is 1.74. The van der Waals surface area contributed by atoms with Gasteiger partial charge in [-0.25, -0.2) is 10.1 Å². The molecule has 0 fully saturated rings. The fraction of sp³-hybridized carbons (Fsp3) is 0. The summed E-state index contributed by atoms with van der Waals surface area (Å²) >= 11 is 0. The van der Waals surface area contributed by atoms with E-state index in [1.807, 2.05) is 36.5 Å². The highest BCUT2D eigenvalue weighted by Gasteiger charge is 2.03. The van der Waals surface area contributed by atoms with Crippen LogP contribution in [0.25, 0.3) is 5.69 Å². The third-order valence-electron chi connectivity index (χ3n) is 2.85. The molecule has 6 heteroatoms. The maximum atomic E-state index is 11.6. The predicted molar refractivity (Wildman–Crippen MR) is 79.4 cm³/mol. The summed E-state index contributed by atoms with van der Waals surface area (Å²) in [4.78, 5) is 14.5. The third-order valence-corrected chi connectivity index (χ3v) is 2.85. The second-order valence-corrected chi connectivity index (χ2v) is 4.34. The predicted octanol–water partition coefficient (Wildman–Crippen LogP) is 1.96. The number of carbonyl (C=O) groups excluding carboxylic acids is 1. The van der Waals surface area contributed by atoms with Gasteiger partial charge in [0.1, 0.15) is 5.69 Å². The summed E-state index contributed by atoms with van der Waals surface area (Å²) in [5, 5.41) is 8.15. The van der Waals surface area contributed by atoms with Crippen LogP contribution < -0.4 is 5.43 Å². The van der Waals surface area contributed by atoms with Crippen LogP contribution in [0.5, 0.6) is 0 Å². The first-order valence-corrected chi connectivity index (χ1v) is 6.40. The first-order valence-electron chi connectivity index (χ1n) is 6.40. The quantitative estimate of drug-likeness (QED) is 0.566. The molecule has 3 aromatic rings. The zero-order chi connectivity index (χ0) is 14.5. The Kier molecular flexibility index (Phi) is 3.60. The molecule has 0 saturated carbocycles. The monoisotopic (exact) mass is 279 g/mol. The SMILES string of the molecule is O=C(N/N=C\c1cnn(-c2ccccc2)c1)c1ccc[nH]1. The largest absolute Gasteiger partial charge is 0.357 e. The maximum absolute atomic E-state index is 11.6. The van der Waals surface area contributed by atoms with Gasteiger partial charge in [-0.2, -0.15) is 10.2 Å². The molecule has 21 heavy (non-hydrogen) atoms. The number of aromatic nitrogens is 3. The second kappa shape index (κ2) is 5.87. The van der Waals surface area contributed by atoms with E-state index < -0.39 is 0 Å². The van der Waals surface area contributed by atoms with E-state index in [2.05, 4.69) is 20.6 Å². The molecule has 0 unspecified atom stereocenters. The van der Waals surface area contributed by atoms with Gasteiger partial charge < -0.3 is 4.98 Å². The Bertz CT molecular complexity index is 743. The Balaban J connectivity index is 1.65. The van der Waals surface area contributed by atoms with E-state index in [-0.39, 0.29) is 5.91 Å². The van der Waals surface area contributed by atoms with Gasteiger partial charge in [0.05, 0.1) is 18.1 Å². The van der Waals surface area contributed by atoms with Gasteiger partial charge in [0, 0.05) is 18.0 Å². The van der Waals surface area contributed by atoms with Crippen LogP contribution in [0.15, 0.2) is 66.2 Å². The van der Waals surface area contributed by atoms with Crippen molar-refractivity contribution in [3.8, 4) is 5.69 Å². The van der Waals surface area contributed by atoms with Crippen LogP contribution in [0.2, 0.25) is 0 Å². The van der Waals surface area contributed by atoms with Crippen molar-refractivity contribution in [3.05, 3.63) is 72.3 Å². The van der Waals surface area contributed by atoms with Crippen LogP contribution in [0.4, 0.5) is 0 Å². The minimum atomic E-state index is -0.285. The van der Waals surface area contributed by atoms with Crippen molar-refractivity contribution in [2.24, 2.45) is 5.10 Å². The highest BCUT2D eigenvalue weighted by molar-refractivity contribution is 5.93. The molecule has 6 nitrogen and oxygen atoms in total. The van der Waals surface area contributed by atoms with Crippen LogP contribution in [-0.4, -0.2) is 26.9 Å². The molecule has 0 saturated heterocycles. The number of nitrogens with zero attached hydrogens (tertiary/aromatic N) is 3. The molecule has 0 spiro atoms. The third kappa shape index (κ3) is 3.06. The fourth-order valence-corrected chi connectivity index (χ4v) is 1.82. The molecule has 2 aromatic heterocycles. The number of aromatic amines is 1. The summed E-state index contributed by atoms with van der Waals surface area (Å²) in [6, 6.07) is 13.2. The fourth-order valence-electron chi connectivity index (χ4n) is 1.82. The van der Waals surface area contributed by atoms with Crippen LogP contribution in [0.1, 0.15) is 16.1 Å². The molecule has 0 radical (unpaired) electrons. The van der Waals surface area contributed by atoms with Gasteiger partial charge in [-0.05, 0) is 24.3 Å². The topological polar surface area (TPSA) is 75.1 Å². The van der Waals surface area contributed by atoms with E-state index in [4.69, 9.17) is 0 Å². The minimum Gasteiger partial charge on any atom is -0.357 e. The smallest absolute Gasteiger partial charge is 0.287 e. The summed E-state index contributed by atoms with van der Waals surface area (Å²) in [7, 11) is 0. The Morgan fingerprint density at radius 1 is 1.24 bits per heavy atom. The standard InChI is InChI=1S/C15H13N5O/c21-15(14-7-4-8-16-14)19-17-9-12-10-18-20(11-12)13-5-2-1-3-6-13/h1-11,16H,(H,19,21)/b17-9-. The molecule has 0 aliphatic carbocycles. The maximum Gasteiger partial charge on any atom is 0.287 e. The van der Waals surface area contributed by atoms with Crippen molar-refractivity contribution in [2.45, 2.75) is 0 Å². The van der Waals surface area contributed by atoms with Crippen LogP contribution >= 0.6 is 0 Å². The molecular formula is C15H13N5O. The number of H-pyrrole nitrogens is 1. The van der Waals surface area contributed by atoms with E-state index in [0.717, 1.165) is 11.3 Å². The highest BCUT2D eigenvalue weighted by atomic mass is 16.2. The molecule has 0 aliphatic rings. The van der Waals surface area contributed by atoms with Crippen LogP contribution in [-0.2, 0) is 0 Å². The summed E-state index contributed by atoms with van der Waals surface area (Å²) in [6.07, 6.45) is 6.74. The highest BCUT2D eigenvalue weighted by Crippen LogP contribution is 2.06. The van der Waals surface area contributed by atoms with E-state index in [1.165, 1.54) is 0 Å². The van der Waals surface area contributed by atoms with E-state index in [1.54, 1.807) is 35.4 Å². The first kappa shape index (κ1) is 12.9. The molecule has 2 heterocycles. The lowest BCUT2D eigenvalue weighted by molar-refractivity contribution is 0.0951. The number of hydrogen-bond donors (Lipinski definition) is 2. The molecule has 0 atom stereocenters. The van der Waals surface area contributed by atoms with Crippen LogP contribution in [0, 0.1) is 0 Å². The Morgan fingerprint density at radius 3 is 2.86 bits per heavy atom. The summed E-state index contributed by atoms with van der Waals surface area (Å²) in [5.41, 5.74) is 4.67. The number of hydrazone groups is 1. The van der Waals surface area contributed by atoms with Gasteiger partial charge in [0.15, 0.2) is 0 Å².